The smallest absolute Gasteiger partial charge is 0.305 e. The molecule has 0 radical (unpaired) electrons. The van der Waals surface area contributed by atoms with Crippen molar-refractivity contribution in [3.63, 3.8) is 0 Å². The first-order valence-corrected chi connectivity index (χ1v) is 24.3. The first-order valence-electron chi connectivity index (χ1n) is 24.3. The van der Waals surface area contributed by atoms with Crippen LogP contribution in [0.25, 0.3) is 0 Å². The third-order valence-corrected chi connectivity index (χ3v) is 12.9. The van der Waals surface area contributed by atoms with E-state index >= 15 is 0 Å². The molecule has 0 spiro atoms. The number of amides is 11. The summed E-state index contributed by atoms with van der Waals surface area (Å²) in [6, 6.07) is -13.8. The highest BCUT2D eigenvalue weighted by atomic mass is 16.4. The lowest BCUT2D eigenvalue weighted by Gasteiger charge is -2.32. The van der Waals surface area contributed by atoms with Crippen LogP contribution in [0.4, 0.5) is 0 Å². The number of hydrogen-bond acceptors (Lipinski definition) is 15. The fourth-order valence-corrected chi connectivity index (χ4v) is 8.64. The molecule has 0 unspecified atom stereocenters. The van der Waals surface area contributed by atoms with Crippen molar-refractivity contribution < 1.29 is 77.6 Å². The summed E-state index contributed by atoms with van der Waals surface area (Å²) in [5.74, 6) is -14.3. The lowest BCUT2D eigenvalue weighted by molar-refractivity contribution is -0.144. The van der Waals surface area contributed by atoms with Gasteiger partial charge in [-0.25, -0.2) is 4.98 Å². The number of aromatic amines is 1. The number of carbonyl (C=O) groups is 13. The number of hydrogen-bond donors (Lipinski definition) is 13. The Morgan fingerprint density at radius 1 is 0.676 bits per heavy atom. The topological polar surface area (TPSA) is 440 Å². The van der Waals surface area contributed by atoms with Gasteiger partial charge in [0.05, 0.1) is 25.4 Å². The normalized spacial score (nSPS) is 27.6. The molecule has 408 valence electrons. The molecular weight excluding hydrogens is 979 g/mol. The van der Waals surface area contributed by atoms with Crippen LogP contribution in [0.15, 0.2) is 12.5 Å². The number of imidazole rings is 1. The minimum atomic E-state index is -1.91. The summed E-state index contributed by atoms with van der Waals surface area (Å²) >= 11 is 0. The molecule has 1 aromatic rings. The Morgan fingerprint density at radius 2 is 1.22 bits per heavy atom. The van der Waals surface area contributed by atoms with Crippen molar-refractivity contribution in [2.45, 2.75) is 159 Å². The maximum atomic E-state index is 14.3. The van der Waals surface area contributed by atoms with E-state index < -0.39 is 176 Å². The highest BCUT2D eigenvalue weighted by Crippen LogP contribution is 2.22. The van der Waals surface area contributed by atoms with Crippen LogP contribution in [-0.4, -0.2) is 192 Å². The van der Waals surface area contributed by atoms with Crippen LogP contribution < -0.4 is 48.3 Å². The van der Waals surface area contributed by atoms with E-state index in [-0.39, 0.29) is 58.0 Å². The van der Waals surface area contributed by atoms with E-state index in [0.717, 1.165) is 9.80 Å². The minimum Gasteiger partial charge on any atom is -0.481 e. The summed E-state index contributed by atoms with van der Waals surface area (Å²) in [5.41, 5.74) is 5.76. The van der Waals surface area contributed by atoms with Gasteiger partial charge in [-0.2, -0.15) is 0 Å². The van der Waals surface area contributed by atoms with Gasteiger partial charge in [-0.15, -0.1) is 0 Å². The third-order valence-electron chi connectivity index (χ3n) is 12.9. The van der Waals surface area contributed by atoms with Gasteiger partial charge in [-0.1, -0.05) is 20.3 Å². The predicted octanol–water partition coefficient (Wildman–Crippen LogP) is -5.49. The average molecular weight is 1050 g/mol. The molecule has 4 heterocycles. The maximum Gasteiger partial charge on any atom is 0.305 e. The number of nitrogens with two attached hydrogens (primary N) is 1. The van der Waals surface area contributed by atoms with E-state index in [0.29, 0.717) is 5.69 Å². The Hall–Kier alpha value is -7.72. The van der Waals surface area contributed by atoms with Crippen molar-refractivity contribution in [3.8, 4) is 0 Å². The number of aromatic nitrogens is 2. The summed E-state index contributed by atoms with van der Waals surface area (Å²) in [5, 5.41) is 49.2. The van der Waals surface area contributed by atoms with E-state index in [1.807, 2.05) is 0 Å². The van der Waals surface area contributed by atoms with E-state index in [4.69, 9.17) is 5.73 Å². The van der Waals surface area contributed by atoms with Gasteiger partial charge >= 0.3 is 11.9 Å². The molecule has 14 N–H and O–H groups in total. The second-order valence-electron chi connectivity index (χ2n) is 18.5. The lowest BCUT2D eigenvalue weighted by atomic mass is 9.96. The number of primary amides is 1. The molecule has 74 heavy (non-hydrogen) atoms. The van der Waals surface area contributed by atoms with Crippen LogP contribution in [0.2, 0.25) is 0 Å². The number of carbonyl (C=O) groups excluding carboxylic acids is 11. The van der Waals surface area contributed by atoms with E-state index in [1.165, 1.54) is 26.4 Å². The molecule has 0 aliphatic carbocycles. The van der Waals surface area contributed by atoms with Crippen LogP contribution in [0, 0.1) is 5.92 Å². The molecule has 11 amide bonds. The molecule has 29 heteroatoms. The summed E-state index contributed by atoms with van der Waals surface area (Å²) in [6.07, 6.45) is -1.38. The standard InChI is InChI=1S/C45H67N13O16/c1-5-21(2)35-43(72)56-36(23(4)59)45(74)58-15-6-8-29(58)41(70)48-19-32(61)51-25(11-13-33(62)63)37(66)54-28(17-34(64)65)39(68)50-22(3)44(73)57-14-7-9-30(57)42(71)52-26(10-12-31(46)60)38(67)53-27(40(69)55-35)16-24-18-47-20-49-24/h18,20-23,25-30,35-36,59H,5-17,19H2,1-4H3,(H2,46,60)(H,47,49)(H,48,70)(H,50,68)(H,51,61)(H,52,71)(H,53,67)(H,54,66)(H,55,69)(H,56,72)(H,62,63)(H,64,65)/t21-,22-,23+,25-,26+,27-,28-,29-,30-,35-,36-/m0/s1. The molecule has 3 saturated heterocycles. The number of H-pyrrole nitrogens is 1. The Morgan fingerprint density at radius 3 is 1.78 bits per heavy atom. The van der Waals surface area contributed by atoms with E-state index in [2.05, 4.69) is 52.5 Å². The van der Waals surface area contributed by atoms with Crippen LogP contribution in [0.3, 0.4) is 0 Å². The van der Waals surface area contributed by atoms with Gasteiger partial charge in [0.2, 0.25) is 65.0 Å². The summed E-state index contributed by atoms with van der Waals surface area (Å²) in [4.78, 5) is 183. The van der Waals surface area contributed by atoms with E-state index in [1.54, 1.807) is 13.8 Å². The number of nitrogens with one attached hydrogen (secondary N) is 9. The van der Waals surface area contributed by atoms with Crippen molar-refractivity contribution in [2.75, 3.05) is 19.6 Å². The van der Waals surface area contributed by atoms with Crippen molar-refractivity contribution >= 4 is 76.9 Å². The molecule has 3 aliphatic rings. The molecule has 3 fully saturated rings. The Balaban J connectivity index is 1.75. The Labute approximate surface area is 424 Å². The second-order valence-corrected chi connectivity index (χ2v) is 18.5. The van der Waals surface area contributed by atoms with Crippen LogP contribution in [0.1, 0.15) is 97.6 Å². The van der Waals surface area contributed by atoms with Crippen LogP contribution in [0.5, 0.6) is 0 Å². The molecule has 29 nitrogen and oxygen atoms in total. The second kappa shape index (κ2) is 27.4. The largest absolute Gasteiger partial charge is 0.481 e. The SMILES string of the molecule is CC[C@H](C)[C@@H]1NC(=O)[C@H](Cc2cnc[nH]2)NC(=O)[C@@H](CCC(N)=O)NC(=O)[C@@H]2CCCN2C(=O)[C@H](C)NC(=O)[C@H](CC(=O)O)NC(=O)[C@H](CCC(=O)O)NC(=O)CNC(=O)[C@@H]2CCCN2C(=O)[C@H]([C@@H](C)O)NC1=O. The number of aliphatic hydroxyl groups is 1. The van der Waals surface area contributed by atoms with Gasteiger partial charge in [-0.05, 0) is 58.3 Å². The molecule has 0 bridgehead atoms. The van der Waals surface area contributed by atoms with Crippen molar-refractivity contribution in [1.29, 1.82) is 0 Å². The predicted molar refractivity (Wildman–Crippen MR) is 253 cm³/mol. The quantitative estimate of drug-likeness (QED) is 0.0877. The highest BCUT2D eigenvalue weighted by Gasteiger charge is 2.43. The number of carboxylic acid groups (broad SMARTS) is 2. The number of rotatable bonds is 13. The molecule has 11 atom stereocenters. The van der Waals surface area contributed by atoms with Crippen molar-refractivity contribution in [2.24, 2.45) is 11.7 Å². The van der Waals surface area contributed by atoms with Gasteiger partial charge in [0.15, 0.2) is 0 Å². The zero-order valence-corrected chi connectivity index (χ0v) is 41.5. The van der Waals surface area contributed by atoms with Crippen molar-refractivity contribution in [1.82, 2.24) is 62.3 Å². The van der Waals surface area contributed by atoms with Crippen molar-refractivity contribution in [3.05, 3.63) is 18.2 Å². The van der Waals surface area contributed by atoms with Gasteiger partial charge < -0.3 is 78.4 Å². The Kier molecular flexibility index (Phi) is 21.8. The average Bonchev–Trinajstić information content (AvgIpc) is 4.16. The summed E-state index contributed by atoms with van der Waals surface area (Å²) < 4.78 is 0. The third kappa shape index (κ3) is 16.7. The van der Waals surface area contributed by atoms with E-state index in [9.17, 15) is 77.6 Å². The maximum absolute atomic E-state index is 14.3. The molecular formula is C45H67N13O16. The van der Waals surface area contributed by atoms with Crippen LogP contribution in [-0.2, 0) is 68.7 Å². The number of nitrogens with zero attached hydrogens (tertiary/aromatic N) is 3. The fourth-order valence-electron chi connectivity index (χ4n) is 8.64. The Bertz CT molecular complexity index is 2280. The molecule has 1 aromatic heterocycles. The number of carboxylic acids is 2. The number of aliphatic carboxylic acids is 2. The monoisotopic (exact) mass is 1050 g/mol. The number of aliphatic hydroxyl groups excluding tert-OH is 1. The number of fused-ring (bicyclic) bond motifs is 2. The van der Waals surface area contributed by atoms with Gasteiger partial charge in [0.1, 0.15) is 54.4 Å². The molecule has 3 aliphatic heterocycles. The summed E-state index contributed by atoms with van der Waals surface area (Å²) in [6.45, 7) is 4.87. The molecule has 0 saturated carbocycles. The zero-order valence-electron chi connectivity index (χ0n) is 41.5. The van der Waals surface area contributed by atoms with Gasteiger partial charge in [-0.3, -0.25) is 62.3 Å². The van der Waals surface area contributed by atoms with Crippen LogP contribution >= 0.6 is 0 Å². The highest BCUT2D eigenvalue weighted by molar-refractivity contribution is 6.00. The zero-order chi connectivity index (χ0) is 55.0. The van der Waals surface area contributed by atoms with Gasteiger partial charge in [0.25, 0.3) is 0 Å². The first kappa shape index (κ1) is 58.8. The fraction of sp³-hybridized carbons (Fsp3) is 0.644. The van der Waals surface area contributed by atoms with Gasteiger partial charge in [0, 0.05) is 44.2 Å². The molecule has 0 aromatic carbocycles. The summed E-state index contributed by atoms with van der Waals surface area (Å²) in [7, 11) is 0. The lowest BCUT2D eigenvalue weighted by Crippen LogP contribution is -2.62. The minimum absolute atomic E-state index is 0.0294. The molecule has 4 rings (SSSR count). The first-order chi connectivity index (χ1) is 34.9.